The molecule has 0 unspecified atom stereocenters. The van der Waals surface area contributed by atoms with Gasteiger partial charge < -0.3 is 0 Å². The van der Waals surface area contributed by atoms with E-state index in [4.69, 9.17) is 69.6 Å². The first kappa shape index (κ1) is 19.8. The van der Waals surface area contributed by atoms with Crippen LogP contribution < -0.4 is 0 Å². The molecule has 0 aliphatic heterocycles. The second-order valence-corrected chi connectivity index (χ2v) is 7.72. The van der Waals surface area contributed by atoms with Gasteiger partial charge in [-0.25, -0.2) is 0 Å². The largest absolute Gasteiger partial charge is 0.298 e. The quantitative estimate of drug-likeness (QED) is 0.288. The fourth-order valence-electron chi connectivity index (χ4n) is 2.45. The minimum Gasteiger partial charge on any atom is -0.298 e. The number of halogens is 6. The lowest BCUT2D eigenvalue weighted by Gasteiger charge is -2.14. The van der Waals surface area contributed by atoms with Crippen molar-refractivity contribution >= 4 is 75.9 Å². The molecule has 26 heavy (non-hydrogen) atoms. The molecule has 0 radical (unpaired) electrons. The van der Waals surface area contributed by atoms with Gasteiger partial charge in [0.1, 0.15) is 0 Å². The number of rotatable bonds is 3. The number of carbonyl (C=O) groups is 1. The standard InChI is InChI=1S/C18H7Cl6NO/c19-9-2-11(16(23)14(21)4-9)12-1-8(7-26)6-25-18(12)13-3-10(20)5-15(22)17(13)24/h1-7H. The molecule has 1 aromatic heterocycles. The maximum Gasteiger partial charge on any atom is 0.151 e. The topological polar surface area (TPSA) is 30.0 Å². The van der Waals surface area contributed by atoms with E-state index in [0.29, 0.717) is 44.3 Å². The van der Waals surface area contributed by atoms with Crippen molar-refractivity contribution in [2.24, 2.45) is 0 Å². The third-order valence-corrected chi connectivity index (χ3v) is 5.62. The van der Waals surface area contributed by atoms with Crippen LogP contribution in [0.25, 0.3) is 22.4 Å². The van der Waals surface area contributed by atoms with Gasteiger partial charge in [-0.2, -0.15) is 0 Å². The van der Waals surface area contributed by atoms with E-state index in [-0.39, 0.29) is 20.1 Å². The van der Waals surface area contributed by atoms with Crippen LogP contribution in [0.15, 0.2) is 36.5 Å². The van der Waals surface area contributed by atoms with Crippen molar-refractivity contribution < 1.29 is 4.79 Å². The van der Waals surface area contributed by atoms with Gasteiger partial charge in [-0.1, -0.05) is 69.6 Å². The molecule has 8 heteroatoms. The number of aldehydes is 1. The molecule has 0 amide bonds. The third-order valence-electron chi connectivity index (χ3n) is 3.58. The highest BCUT2D eigenvalue weighted by Crippen LogP contribution is 2.43. The predicted molar refractivity (Wildman–Crippen MR) is 111 cm³/mol. The van der Waals surface area contributed by atoms with Crippen molar-refractivity contribution in [3.63, 3.8) is 0 Å². The number of pyridine rings is 1. The van der Waals surface area contributed by atoms with Gasteiger partial charge in [0.15, 0.2) is 6.29 Å². The summed E-state index contributed by atoms with van der Waals surface area (Å²) in [6, 6.07) is 7.92. The Bertz CT molecular complexity index is 1030. The third kappa shape index (κ3) is 3.82. The van der Waals surface area contributed by atoms with Gasteiger partial charge in [0.2, 0.25) is 0 Å². The molecule has 0 aliphatic rings. The molecule has 0 fully saturated rings. The van der Waals surface area contributed by atoms with Crippen LogP contribution in [0, 0.1) is 0 Å². The van der Waals surface area contributed by atoms with Crippen molar-refractivity contribution in [2.45, 2.75) is 0 Å². The van der Waals surface area contributed by atoms with Gasteiger partial charge in [-0.15, -0.1) is 0 Å². The average molecular weight is 466 g/mol. The first-order valence-corrected chi connectivity index (χ1v) is 9.33. The molecule has 0 bridgehead atoms. The van der Waals surface area contributed by atoms with E-state index in [2.05, 4.69) is 4.98 Å². The molecule has 132 valence electrons. The molecule has 0 spiro atoms. The van der Waals surface area contributed by atoms with Crippen molar-refractivity contribution in [3.8, 4) is 22.4 Å². The van der Waals surface area contributed by atoms with E-state index in [9.17, 15) is 4.79 Å². The van der Waals surface area contributed by atoms with Gasteiger partial charge in [0.25, 0.3) is 0 Å². The van der Waals surface area contributed by atoms with E-state index >= 15 is 0 Å². The van der Waals surface area contributed by atoms with Crippen LogP contribution in [0.3, 0.4) is 0 Å². The van der Waals surface area contributed by atoms with Crippen LogP contribution in [0.1, 0.15) is 10.4 Å². The van der Waals surface area contributed by atoms with Gasteiger partial charge in [0.05, 0.1) is 25.8 Å². The first-order chi connectivity index (χ1) is 12.3. The maximum absolute atomic E-state index is 11.2. The van der Waals surface area contributed by atoms with E-state index in [0.717, 1.165) is 0 Å². The van der Waals surface area contributed by atoms with Crippen molar-refractivity contribution in [2.75, 3.05) is 0 Å². The molecule has 0 aliphatic carbocycles. The number of benzene rings is 2. The number of hydrogen-bond acceptors (Lipinski definition) is 2. The average Bonchev–Trinajstić information content (AvgIpc) is 2.60. The van der Waals surface area contributed by atoms with Crippen LogP contribution in [-0.4, -0.2) is 11.3 Å². The number of aromatic nitrogens is 1. The molecule has 0 saturated heterocycles. The van der Waals surface area contributed by atoms with E-state index < -0.39 is 0 Å². The summed E-state index contributed by atoms with van der Waals surface area (Å²) in [5, 5.41) is 1.85. The fraction of sp³-hybridized carbons (Fsp3) is 0. The Morgan fingerprint density at radius 1 is 0.692 bits per heavy atom. The van der Waals surface area contributed by atoms with Crippen LogP contribution in [0.5, 0.6) is 0 Å². The first-order valence-electron chi connectivity index (χ1n) is 7.07. The summed E-state index contributed by atoms with van der Waals surface area (Å²) >= 11 is 37.2. The lowest BCUT2D eigenvalue weighted by molar-refractivity contribution is 0.112. The number of carbonyl (C=O) groups excluding carboxylic acids is 1. The SMILES string of the molecule is O=Cc1cnc(-c2cc(Cl)cc(Cl)c2Cl)c(-c2cc(Cl)cc(Cl)c2Cl)c1. The lowest BCUT2D eigenvalue weighted by atomic mass is 9.98. The molecular formula is C18H7Cl6NO. The molecule has 0 N–H and O–H groups in total. The Balaban J connectivity index is 2.39. The highest BCUT2D eigenvalue weighted by molar-refractivity contribution is 6.46. The highest BCUT2D eigenvalue weighted by Gasteiger charge is 2.19. The lowest BCUT2D eigenvalue weighted by Crippen LogP contribution is -1.95. The molecule has 0 saturated carbocycles. The number of hydrogen-bond donors (Lipinski definition) is 0. The van der Waals surface area contributed by atoms with Gasteiger partial charge >= 0.3 is 0 Å². The van der Waals surface area contributed by atoms with E-state index in [1.807, 2.05) is 0 Å². The zero-order chi connectivity index (χ0) is 19.0. The smallest absolute Gasteiger partial charge is 0.151 e. The second kappa shape index (κ2) is 7.93. The Hall–Kier alpha value is -1.000. The molecule has 1 heterocycles. The Labute approximate surface area is 179 Å². The van der Waals surface area contributed by atoms with Crippen LogP contribution in [-0.2, 0) is 0 Å². The van der Waals surface area contributed by atoms with Crippen LogP contribution >= 0.6 is 69.6 Å². The Morgan fingerprint density at radius 3 is 1.81 bits per heavy atom. The second-order valence-electron chi connectivity index (χ2n) is 5.28. The molecular weight excluding hydrogens is 459 g/mol. The summed E-state index contributed by atoms with van der Waals surface area (Å²) in [7, 11) is 0. The summed E-state index contributed by atoms with van der Waals surface area (Å²) in [4.78, 5) is 15.6. The van der Waals surface area contributed by atoms with Gasteiger partial charge in [0, 0.05) is 38.5 Å². The molecule has 2 nitrogen and oxygen atoms in total. The van der Waals surface area contributed by atoms with Crippen LogP contribution in [0.2, 0.25) is 30.1 Å². The maximum atomic E-state index is 11.2. The zero-order valence-electron chi connectivity index (χ0n) is 12.7. The predicted octanol–water partition coefficient (Wildman–Crippen LogP) is 8.15. The summed E-state index contributed by atoms with van der Waals surface area (Å²) in [6.45, 7) is 0. The molecule has 0 atom stereocenters. The minimum absolute atomic E-state index is 0.270. The van der Waals surface area contributed by atoms with Gasteiger partial charge in [-0.05, 0) is 30.3 Å². The van der Waals surface area contributed by atoms with Crippen molar-refractivity contribution in [1.29, 1.82) is 0 Å². The zero-order valence-corrected chi connectivity index (χ0v) is 17.2. The highest BCUT2D eigenvalue weighted by atomic mass is 35.5. The van der Waals surface area contributed by atoms with Gasteiger partial charge in [-0.3, -0.25) is 9.78 Å². The minimum atomic E-state index is 0.270. The molecule has 3 aromatic rings. The normalized spacial score (nSPS) is 10.8. The number of nitrogens with zero attached hydrogens (tertiary/aromatic N) is 1. The van der Waals surface area contributed by atoms with E-state index in [1.54, 1.807) is 18.2 Å². The van der Waals surface area contributed by atoms with Crippen molar-refractivity contribution in [1.82, 2.24) is 4.98 Å². The summed E-state index contributed by atoms with van der Waals surface area (Å²) in [6.07, 6.45) is 2.09. The molecule has 2 aromatic carbocycles. The summed E-state index contributed by atoms with van der Waals surface area (Å²) in [5.41, 5.74) is 2.29. The van der Waals surface area contributed by atoms with Crippen LogP contribution in [0.4, 0.5) is 0 Å². The van der Waals surface area contributed by atoms with E-state index in [1.165, 1.54) is 18.3 Å². The summed E-state index contributed by atoms with van der Waals surface area (Å²) in [5.74, 6) is 0. The molecule has 3 rings (SSSR count). The monoisotopic (exact) mass is 463 g/mol. The van der Waals surface area contributed by atoms with Crippen molar-refractivity contribution in [3.05, 3.63) is 72.2 Å². The Kier molecular flexibility index (Phi) is 6.03. The Morgan fingerprint density at radius 2 is 1.23 bits per heavy atom. The fourth-order valence-corrected chi connectivity index (χ4v) is 3.84. The summed E-state index contributed by atoms with van der Waals surface area (Å²) < 4.78 is 0.